The van der Waals surface area contributed by atoms with E-state index in [4.69, 9.17) is 0 Å². The predicted molar refractivity (Wildman–Crippen MR) is 34.2 cm³/mol. The van der Waals surface area contributed by atoms with Gasteiger partial charge in [-0.3, -0.25) is 5.32 Å². The molecule has 0 saturated carbocycles. The van der Waals surface area contributed by atoms with Gasteiger partial charge in [-0.1, -0.05) is 6.92 Å². The summed E-state index contributed by atoms with van der Waals surface area (Å²) in [6, 6.07) is -1.56. The number of aldehydes is 1. The number of carbonyl (C=O) groups is 1. The van der Waals surface area contributed by atoms with E-state index >= 15 is 0 Å². The summed E-state index contributed by atoms with van der Waals surface area (Å²) in [4.78, 5) is 9.72. The largest absolute Gasteiger partial charge is 0.403 e. The molecule has 0 aliphatic carbocycles. The Kier molecular flexibility index (Phi) is 4.10. The molecule has 0 fully saturated rings. The van der Waals surface area contributed by atoms with Crippen molar-refractivity contribution in [2.75, 3.05) is 6.54 Å². The molecule has 0 aromatic heterocycles. The van der Waals surface area contributed by atoms with Crippen LogP contribution in [0.4, 0.5) is 13.2 Å². The van der Waals surface area contributed by atoms with Gasteiger partial charge in [0.1, 0.15) is 12.3 Å². The van der Waals surface area contributed by atoms with E-state index in [1.165, 1.54) is 6.92 Å². The lowest BCUT2D eigenvalue weighted by molar-refractivity contribution is -0.156. The molecule has 0 bridgehead atoms. The number of alkyl halides is 3. The summed E-state index contributed by atoms with van der Waals surface area (Å²) >= 11 is 0. The molecule has 0 aromatic carbocycles. The van der Waals surface area contributed by atoms with Crippen LogP contribution < -0.4 is 5.32 Å². The average Bonchev–Trinajstić information content (AvgIpc) is 1.87. The Hall–Kier alpha value is -0.580. The van der Waals surface area contributed by atoms with E-state index in [2.05, 4.69) is 5.32 Å². The maximum atomic E-state index is 11.9. The fraction of sp³-hybridized carbons (Fsp3) is 0.833. The maximum absolute atomic E-state index is 11.9. The van der Waals surface area contributed by atoms with E-state index in [0.717, 1.165) is 0 Å². The first-order valence-electron chi connectivity index (χ1n) is 3.26. The Balaban J connectivity index is 3.85. The fourth-order valence-electron chi connectivity index (χ4n) is 0.682. The second kappa shape index (κ2) is 4.33. The molecule has 0 saturated heterocycles. The first-order chi connectivity index (χ1) is 5.02. The Bertz CT molecular complexity index is 123. The van der Waals surface area contributed by atoms with E-state index in [1.54, 1.807) is 0 Å². The summed E-state index contributed by atoms with van der Waals surface area (Å²) in [6.45, 7) is 1.16. The van der Waals surface area contributed by atoms with Gasteiger partial charge in [-0.05, 0) is 6.42 Å². The van der Waals surface area contributed by atoms with Gasteiger partial charge in [-0.25, -0.2) is 0 Å². The number of hydrogen-bond donors (Lipinski definition) is 1. The molecule has 5 heteroatoms. The minimum atomic E-state index is -4.25. The van der Waals surface area contributed by atoms with Gasteiger partial charge in [0, 0.05) is 0 Å². The molecule has 0 aromatic rings. The van der Waals surface area contributed by atoms with Gasteiger partial charge in [0.2, 0.25) is 0 Å². The van der Waals surface area contributed by atoms with Crippen LogP contribution in [0.25, 0.3) is 0 Å². The van der Waals surface area contributed by atoms with Gasteiger partial charge in [0.15, 0.2) is 0 Å². The standard InChI is InChI=1S/C6H10F3NO/c1-2-5(6(7,8)9)10-3-4-11/h4-5,10H,2-3H2,1H3/t5-/m1/s1. The molecule has 0 rings (SSSR count). The average molecular weight is 169 g/mol. The summed E-state index contributed by atoms with van der Waals surface area (Å²) in [7, 11) is 0. The van der Waals surface area contributed by atoms with Crippen molar-refractivity contribution in [2.24, 2.45) is 0 Å². The van der Waals surface area contributed by atoms with Gasteiger partial charge in [0.05, 0.1) is 6.54 Å². The van der Waals surface area contributed by atoms with E-state index in [1.807, 2.05) is 0 Å². The minimum absolute atomic E-state index is 0.0582. The van der Waals surface area contributed by atoms with Crippen LogP contribution in [-0.2, 0) is 4.79 Å². The molecule has 0 spiro atoms. The highest BCUT2D eigenvalue weighted by atomic mass is 19.4. The van der Waals surface area contributed by atoms with Crippen LogP contribution in [-0.4, -0.2) is 25.0 Å². The van der Waals surface area contributed by atoms with Crippen LogP contribution in [0.1, 0.15) is 13.3 Å². The van der Waals surface area contributed by atoms with Crippen molar-refractivity contribution < 1.29 is 18.0 Å². The third kappa shape index (κ3) is 3.98. The zero-order chi connectivity index (χ0) is 8.91. The SMILES string of the molecule is CC[C@@H](NCC=O)C(F)(F)F. The van der Waals surface area contributed by atoms with E-state index in [-0.39, 0.29) is 13.0 Å². The number of carbonyl (C=O) groups excluding carboxylic acids is 1. The van der Waals surface area contributed by atoms with Crippen molar-refractivity contribution in [1.82, 2.24) is 5.32 Å². The molecule has 0 aliphatic rings. The number of rotatable bonds is 4. The van der Waals surface area contributed by atoms with Crippen LogP contribution in [0.3, 0.4) is 0 Å². The summed E-state index contributed by atoms with van der Waals surface area (Å²) in [5.74, 6) is 0. The molecule has 66 valence electrons. The summed E-state index contributed by atoms with van der Waals surface area (Å²) in [5.41, 5.74) is 0. The third-order valence-corrected chi connectivity index (χ3v) is 1.25. The van der Waals surface area contributed by atoms with Crippen molar-refractivity contribution in [3.05, 3.63) is 0 Å². The second-order valence-electron chi connectivity index (χ2n) is 2.08. The monoisotopic (exact) mass is 169 g/mol. The van der Waals surface area contributed by atoms with E-state index in [0.29, 0.717) is 6.29 Å². The summed E-state index contributed by atoms with van der Waals surface area (Å²) < 4.78 is 35.6. The Morgan fingerprint density at radius 1 is 1.55 bits per heavy atom. The van der Waals surface area contributed by atoms with Crippen LogP contribution in [0.2, 0.25) is 0 Å². The van der Waals surface area contributed by atoms with Crippen molar-refractivity contribution >= 4 is 6.29 Å². The second-order valence-corrected chi connectivity index (χ2v) is 2.08. The molecule has 2 nitrogen and oxygen atoms in total. The Morgan fingerprint density at radius 3 is 2.36 bits per heavy atom. The van der Waals surface area contributed by atoms with E-state index in [9.17, 15) is 18.0 Å². The van der Waals surface area contributed by atoms with Crippen molar-refractivity contribution in [2.45, 2.75) is 25.6 Å². The maximum Gasteiger partial charge on any atom is 0.403 e. The van der Waals surface area contributed by atoms with Crippen LogP contribution in [0.15, 0.2) is 0 Å². The van der Waals surface area contributed by atoms with Crippen molar-refractivity contribution in [1.29, 1.82) is 0 Å². The van der Waals surface area contributed by atoms with E-state index < -0.39 is 12.2 Å². The molecule has 0 aliphatic heterocycles. The molecular formula is C6H10F3NO. The summed E-state index contributed by atoms with van der Waals surface area (Å²) in [5, 5.41) is 2.07. The Morgan fingerprint density at radius 2 is 2.09 bits per heavy atom. The number of hydrogen-bond acceptors (Lipinski definition) is 2. The molecule has 1 N–H and O–H groups in total. The van der Waals surface area contributed by atoms with Gasteiger partial charge in [0.25, 0.3) is 0 Å². The molecule has 0 radical (unpaired) electrons. The van der Waals surface area contributed by atoms with Gasteiger partial charge in [-0.2, -0.15) is 13.2 Å². The van der Waals surface area contributed by atoms with Crippen molar-refractivity contribution in [3.8, 4) is 0 Å². The summed E-state index contributed by atoms with van der Waals surface area (Å²) in [6.07, 6.45) is -3.90. The zero-order valence-electron chi connectivity index (χ0n) is 6.11. The minimum Gasteiger partial charge on any atom is -0.302 e. The van der Waals surface area contributed by atoms with Gasteiger partial charge in [-0.15, -0.1) is 0 Å². The quantitative estimate of drug-likeness (QED) is 0.639. The van der Waals surface area contributed by atoms with Gasteiger partial charge < -0.3 is 4.79 Å². The molecule has 0 unspecified atom stereocenters. The van der Waals surface area contributed by atoms with Gasteiger partial charge >= 0.3 is 6.18 Å². The first kappa shape index (κ1) is 10.4. The highest BCUT2D eigenvalue weighted by Gasteiger charge is 2.37. The van der Waals surface area contributed by atoms with Crippen LogP contribution in [0, 0.1) is 0 Å². The zero-order valence-corrected chi connectivity index (χ0v) is 6.11. The molecule has 1 atom stereocenters. The van der Waals surface area contributed by atoms with Crippen LogP contribution >= 0.6 is 0 Å². The normalized spacial score (nSPS) is 14.5. The lowest BCUT2D eigenvalue weighted by Gasteiger charge is -2.18. The van der Waals surface area contributed by atoms with Crippen molar-refractivity contribution in [3.63, 3.8) is 0 Å². The smallest absolute Gasteiger partial charge is 0.302 e. The first-order valence-corrected chi connectivity index (χ1v) is 3.26. The molecule has 0 amide bonds. The number of halogens is 3. The number of nitrogens with one attached hydrogen (secondary N) is 1. The third-order valence-electron chi connectivity index (χ3n) is 1.25. The lowest BCUT2D eigenvalue weighted by atomic mass is 10.2. The predicted octanol–water partition coefficient (Wildman–Crippen LogP) is 1.12. The topological polar surface area (TPSA) is 29.1 Å². The molecular weight excluding hydrogens is 159 g/mol. The highest BCUT2D eigenvalue weighted by molar-refractivity contribution is 5.51. The lowest BCUT2D eigenvalue weighted by Crippen LogP contribution is -2.42. The highest BCUT2D eigenvalue weighted by Crippen LogP contribution is 2.21. The molecule has 0 heterocycles. The molecule has 11 heavy (non-hydrogen) atoms. The van der Waals surface area contributed by atoms with Crippen LogP contribution in [0.5, 0.6) is 0 Å². The Labute approximate surface area is 62.8 Å². The fourth-order valence-corrected chi connectivity index (χ4v) is 0.682.